The zero-order valence-electron chi connectivity index (χ0n) is 9.91. The molecule has 0 aromatic rings. The highest BCUT2D eigenvalue weighted by molar-refractivity contribution is 5.82. The fourth-order valence-electron chi connectivity index (χ4n) is 1.69. The first kappa shape index (κ1) is 14.7. The van der Waals surface area contributed by atoms with E-state index in [-0.39, 0.29) is 26.2 Å². The van der Waals surface area contributed by atoms with Crippen LogP contribution in [-0.4, -0.2) is 77.3 Å². The number of aliphatic hydroxyl groups is 2. The van der Waals surface area contributed by atoms with Crippen LogP contribution in [0.15, 0.2) is 0 Å². The Morgan fingerprint density at radius 2 is 2.17 bits per heavy atom. The number of carboxylic acids is 1. The van der Waals surface area contributed by atoms with Crippen molar-refractivity contribution in [3.8, 4) is 0 Å². The lowest BCUT2D eigenvalue weighted by Gasteiger charge is -2.35. The van der Waals surface area contributed by atoms with Crippen LogP contribution in [-0.2, 0) is 9.53 Å². The molecule has 4 N–H and O–H groups in total. The molecule has 0 bridgehead atoms. The van der Waals surface area contributed by atoms with Crippen molar-refractivity contribution in [1.29, 1.82) is 0 Å². The summed E-state index contributed by atoms with van der Waals surface area (Å²) >= 11 is 0. The van der Waals surface area contributed by atoms with Gasteiger partial charge in [0.25, 0.3) is 0 Å². The molecule has 0 saturated carbocycles. The summed E-state index contributed by atoms with van der Waals surface area (Å²) in [6.07, 6.45) is -0.0603. The third-order valence-electron chi connectivity index (χ3n) is 2.71. The van der Waals surface area contributed by atoms with Crippen LogP contribution >= 0.6 is 0 Å². The van der Waals surface area contributed by atoms with E-state index in [1.807, 2.05) is 0 Å². The van der Waals surface area contributed by atoms with Crippen LogP contribution < -0.4 is 5.32 Å². The number of rotatable bonds is 5. The number of aliphatic carboxylic acids is 1. The molecule has 1 heterocycles. The Labute approximate surface area is 104 Å². The first-order valence-corrected chi connectivity index (χ1v) is 5.69. The molecule has 1 unspecified atom stereocenters. The summed E-state index contributed by atoms with van der Waals surface area (Å²) in [7, 11) is 0. The number of carbonyl (C=O) groups is 2. The average molecular weight is 262 g/mol. The Balaban J connectivity index is 2.58. The monoisotopic (exact) mass is 262 g/mol. The molecule has 2 atom stereocenters. The highest BCUT2D eigenvalue weighted by Gasteiger charge is 2.29. The summed E-state index contributed by atoms with van der Waals surface area (Å²) in [5.74, 6) is -1.20. The fraction of sp³-hybridized carbons (Fsp3) is 0.800. The van der Waals surface area contributed by atoms with Crippen LogP contribution in [0.4, 0.5) is 4.79 Å². The normalized spacial score (nSPS) is 21.4. The molecule has 1 rings (SSSR count). The van der Waals surface area contributed by atoms with Gasteiger partial charge in [0.05, 0.1) is 25.9 Å². The minimum absolute atomic E-state index is 0.0603. The molecule has 0 radical (unpaired) electrons. The van der Waals surface area contributed by atoms with Crippen molar-refractivity contribution in [2.45, 2.75) is 18.5 Å². The SMILES string of the molecule is O=C(O)[C@H](CCO)NC(=O)N1CCOCC1CO. The van der Waals surface area contributed by atoms with Crippen LogP contribution in [0.25, 0.3) is 0 Å². The predicted octanol–water partition coefficient (Wildman–Crippen LogP) is -1.78. The van der Waals surface area contributed by atoms with Gasteiger partial charge in [-0.25, -0.2) is 9.59 Å². The third kappa shape index (κ3) is 3.83. The maximum absolute atomic E-state index is 11.9. The van der Waals surface area contributed by atoms with Gasteiger partial charge < -0.3 is 30.3 Å². The lowest BCUT2D eigenvalue weighted by atomic mass is 10.2. The minimum Gasteiger partial charge on any atom is -0.480 e. The number of amides is 2. The maximum atomic E-state index is 11.9. The van der Waals surface area contributed by atoms with Crippen molar-refractivity contribution in [3.05, 3.63) is 0 Å². The molecule has 0 spiro atoms. The number of morpholine rings is 1. The number of nitrogens with one attached hydrogen (secondary N) is 1. The molecule has 1 saturated heterocycles. The predicted molar refractivity (Wildman–Crippen MR) is 60.1 cm³/mol. The number of urea groups is 1. The van der Waals surface area contributed by atoms with Crippen LogP contribution in [0.5, 0.6) is 0 Å². The summed E-state index contributed by atoms with van der Waals surface area (Å²) in [4.78, 5) is 24.0. The Morgan fingerprint density at radius 1 is 1.44 bits per heavy atom. The molecule has 18 heavy (non-hydrogen) atoms. The van der Waals surface area contributed by atoms with Crippen LogP contribution in [0.2, 0.25) is 0 Å². The molecular formula is C10H18N2O6. The van der Waals surface area contributed by atoms with E-state index in [0.29, 0.717) is 13.2 Å². The standard InChI is InChI=1S/C10H18N2O6/c13-3-1-8(9(15)16)11-10(17)12-2-4-18-6-7(12)5-14/h7-8,13-14H,1-6H2,(H,11,17)(H,15,16)/t7?,8-/m0/s1. The van der Waals surface area contributed by atoms with E-state index in [1.54, 1.807) is 0 Å². The number of carboxylic acid groups (broad SMARTS) is 1. The molecule has 2 amide bonds. The van der Waals surface area contributed by atoms with Crippen molar-refractivity contribution in [2.24, 2.45) is 0 Å². The summed E-state index contributed by atoms with van der Waals surface area (Å²) < 4.78 is 5.12. The molecule has 8 nitrogen and oxygen atoms in total. The van der Waals surface area contributed by atoms with Crippen molar-refractivity contribution >= 4 is 12.0 Å². The Kier molecular flexibility index (Phi) is 5.83. The van der Waals surface area contributed by atoms with Gasteiger partial charge in [-0.15, -0.1) is 0 Å². The number of hydrogen-bond acceptors (Lipinski definition) is 5. The quantitative estimate of drug-likeness (QED) is 0.465. The van der Waals surface area contributed by atoms with Gasteiger partial charge in [0, 0.05) is 19.6 Å². The molecule has 1 aliphatic rings. The van der Waals surface area contributed by atoms with Gasteiger partial charge in [-0.2, -0.15) is 0 Å². The second-order valence-corrected chi connectivity index (χ2v) is 3.96. The number of hydrogen-bond donors (Lipinski definition) is 4. The molecule has 1 fully saturated rings. The van der Waals surface area contributed by atoms with E-state index in [2.05, 4.69) is 5.32 Å². The Hall–Kier alpha value is -1.38. The molecule has 8 heteroatoms. The average Bonchev–Trinajstić information content (AvgIpc) is 2.37. The van der Waals surface area contributed by atoms with Crippen LogP contribution in [0.3, 0.4) is 0 Å². The van der Waals surface area contributed by atoms with Crippen molar-refractivity contribution in [3.63, 3.8) is 0 Å². The number of nitrogens with zero attached hydrogens (tertiary/aromatic N) is 1. The lowest BCUT2D eigenvalue weighted by molar-refractivity contribution is -0.139. The second-order valence-electron chi connectivity index (χ2n) is 3.96. The molecule has 1 aliphatic heterocycles. The lowest BCUT2D eigenvalue weighted by Crippen LogP contribution is -2.56. The van der Waals surface area contributed by atoms with Gasteiger partial charge in [0.2, 0.25) is 0 Å². The Morgan fingerprint density at radius 3 is 2.72 bits per heavy atom. The molecule has 104 valence electrons. The van der Waals surface area contributed by atoms with E-state index in [0.717, 1.165) is 0 Å². The van der Waals surface area contributed by atoms with Gasteiger partial charge in [-0.05, 0) is 0 Å². The second kappa shape index (κ2) is 7.14. The van der Waals surface area contributed by atoms with Gasteiger partial charge in [0.15, 0.2) is 0 Å². The van der Waals surface area contributed by atoms with Gasteiger partial charge >= 0.3 is 12.0 Å². The fourth-order valence-corrected chi connectivity index (χ4v) is 1.69. The molecule has 0 aliphatic carbocycles. The van der Waals surface area contributed by atoms with E-state index in [4.69, 9.17) is 20.1 Å². The topological polar surface area (TPSA) is 119 Å². The van der Waals surface area contributed by atoms with Crippen LogP contribution in [0, 0.1) is 0 Å². The van der Waals surface area contributed by atoms with Gasteiger partial charge in [-0.3, -0.25) is 0 Å². The third-order valence-corrected chi connectivity index (χ3v) is 2.71. The minimum atomic E-state index is -1.20. The van der Waals surface area contributed by atoms with E-state index in [9.17, 15) is 9.59 Å². The first-order chi connectivity index (χ1) is 8.60. The van der Waals surface area contributed by atoms with Crippen molar-refractivity contribution < 1.29 is 29.6 Å². The highest BCUT2D eigenvalue weighted by Crippen LogP contribution is 2.07. The van der Waals surface area contributed by atoms with Crippen LogP contribution in [0.1, 0.15) is 6.42 Å². The number of carbonyl (C=O) groups excluding carboxylic acids is 1. The largest absolute Gasteiger partial charge is 0.480 e. The van der Waals surface area contributed by atoms with Gasteiger partial charge in [0.1, 0.15) is 6.04 Å². The zero-order chi connectivity index (χ0) is 13.5. The first-order valence-electron chi connectivity index (χ1n) is 5.69. The molecular weight excluding hydrogens is 244 g/mol. The van der Waals surface area contributed by atoms with E-state index < -0.39 is 24.1 Å². The summed E-state index contributed by atoms with van der Waals surface area (Å²) in [5, 5.41) is 29.0. The van der Waals surface area contributed by atoms with E-state index >= 15 is 0 Å². The van der Waals surface area contributed by atoms with E-state index in [1.165, 1.54) is 4.90 Å². The smallest absolute Gasteiger partial charge is 0.326 e. The summed E-state index contributed by atoms with van der Waals surface area (Å²) in [5.41, 5.74) is 0. The maximum Gasteiger partial charge on any atom is 0.326 e. The molecule has 0 aromatic heterocycles. The summed E-state index contributed by atoms with van der Waals surface area (Å²) in [6.45, 7) is 0.292. The Bertz CT molecular complexity index is 298. The molecule has 0 aromatic carbocycles. The summed E-state index contributed by atoms with van der Waals surface area (Å²) in [6, 6.07) is -2.18. The highest BCUT2D eigenvalue weighted by atomic mass is 16.5. The van der Waals surface area contributed by atoms with Crippen molar-refractivity contribution in [1.82, 2.24) is 10.2 Å². The van der Waals surface area contributed by atoms with Gasteiger partial charge in [-0.1, -0.05) is 0 Å². The van der Waals surface area contributed by atoms with Crippen molar-refractivity contribution in [2.75, 3.05) is 33.0 Å². The number of aliphatic hydroxyl groups excluding tert-OH is 2. The number of ether oxygens (including phenoxy) is 1. The zero-order valence-corrected chi connectivity index (χ0v) is 9.91.